The zero-order valence-electron chi connectivity index (χ0n) is 17.9. The number of hydrogen-bond donors (Lipinski definition) is 0. The highest BCUT2D eigenvalue weighted by atomic mass is 28.4. The molecule has 1 rings (SSSR count). The highest BCUT2D eigenvalue weighted by Crippen LogP contribution is 2.42. The fourth-order valence-electron chi connectivity index (χ4n) is 2.55. The van der Waals surface area contributed by atoms with Gasteiger partial charge in [-0.2, -0.15) is 0 Å². The third-order valence-electron chi connectivity index (χ3n) is 6.72. The maximum Gasteiger partial charge on any atom is 0.192 e. The molecule has 5 heteroatoms. The fourth-order valence-corrected chi connectivity index (χ4v) is 4.99. The molecule has 1 saturated carbocycles. The standard InChI is InChI=1S/C19H40O3Si2/c1-14-15(13-21-23(8,9)18(2,3)4)16(20)12-17(14)22-24(10,11)19(5,6)7/h14-15,17H,12-13H2,1-11H3/t14-,15-,17+/m0/s1. The third-order valence-corrected chi connectivity index (χ3v) is 15.7. The molecule has 0 aromatic carbocycles. The fraction of sp³-hybridized carbons (Fsp3) is 0.947. The van der Waals surface area contributed by atoms with Gasteiger partial charge in [0.25, 0.3) is 0 Å². The average Bonchev–Trinajstić information content (AvgIpc) is 2.59. The van der Waals surface area contributed by atoms with Gasteiger partial charge in [-0.05, 0) is 42.2 Å². The molecule has 1 aliphatic rings. The molecule has 0 saturated heterocycles. The minimum atomic E-state index is -1.84. The van der Waals surface area contributed by atoms with E-state index >= 15 is 0 Å². The van der Waals surface area contributed by atoms with E-state index in [0.717, 1.165) is 0 Å². The van der Waals surface area contributed by atoms with Crippen LogP contribution in [0.3, 0.4) is 0 Å². The van der Waals surface area contributed by atoms with Crippen LogP contribution in [0.2, 0.25) is 36.3 Å². The summed E-state index contributed by atoms with van der Waals surface area (Å²) in [6.07, 6.45) is 0.616. The molecule has 24 heavy (non-hydrogen) atoms. The van der Waals surface area contributed by atoms with Gasteiger partial charge in [0, 0.05) is 18.9 Å². The van der Waals surface area contributed by atoms with Gasteiger partial charge >= 0.3 is 0 Å². The molecule has 3 nitrogen and oxygen atoms in total. The molecule has 142 valence electrons. The van der Waals surface area contributed by atoms with Crippen molar-refractivity contribution < 1.29 is 13.6 Å². The Balaban J connectivity index is 2.76. The average molecular weight is 373 g/mol. The molecule has 0 spiro atoms. The lowest BCUT2D eigenvalue weighted by Gasteiger charge is -2.40. The number of hydrogen-bond acceptors (Lipinski definition) is 3. The Bertz CT molecular complexity index is 458. The van der Waals surface area contributed by atoms with Gasteiger partial charge in [-0.3, -0.25) is 4.79 Å². The highest BCUT2D eigenvalue weighted by Gasteiger charge is 2.47. The van der Waals surface area contributed by atoms with Gasteiger partial charge in [0.15, 0.2) is 16.6 Å². The maximum absolute atomic E-state index is 12.6. The highest BCUT2D eigenvalue weighted by molar-refractivity contribution is 6.74. The van der Waals surface area contributed by atoms with E-state index in [4.69, 9.17) is 8.85 Å². The van der Waals surface area contributed by atoms with Crippen LogP contribution in [-0.2, 0) is 13.6 Å². The number of carbonyl (C=O) groups is 1. The first-order valence-corrected chi connectivity index (χ1v) is 15.2. The Morgan fingerprint density at radius 1 is 0.958 bits per heavy atom. The minimum Gasteiger partial charge on any atom is -0.416 e. The van der Waals surface area contributed by atoms with Crippen LogP contribution in [0.15, 0.2) is 0 Å². The van der Waals surface area contributed by atoms with E-state index in [1.165, 1.54) is 0 Å². The van der Waals surface area contributed by atoms with Crippen molar-refractivity contribution in [1.29, 1.82) is 0 Å². The summed E-state index contributed by atoms with van der Waals surface area (Å²) < 4.78 is 12.9. The third kappa shape index (κ3) is 4.80. The topological polar surface area (TPSA) is 35.5 Å². The zero-order valence-corrected chi connectivity index (χ0v) is 19.9. The number of rotatable bonds is 5. The van der Waals surface area contributed by atoms with Crippen LogP contribution >= 0.6 is 0 Å². The summed E-state index contributed by atoms with van der Waals surface area (Å²) in [5.41, 5.74) is 0. The van der Waals surface area contributed by atoms with E-state index < -0.39 is 16.6 Å². The molecule has 0 radical (unpaired) electrons. The smallest absolute Gasteiger partial charge is 0.192 e. The van der Waals surface area contributed by atoms with E-state index in [0.29, 0.717) is 18.8 Å². The van der Waals surface area contributed by atoms with Gasteiger partial charge < -0.3 is 8.85 Å². The van der Waals surface area contributed by atoms with Crippen LogP contribution in [0, 0.1) is 11.8 Å². The molecule has 0 unspecified atom stereocenters. The molecule has 1 aliphatic carbocycles. The van der Waals surface area contributed by atoms with Crippen LogP contribution in [0.1, 0.15) is 54.9 Å². The summed E-state index contributed by atoms with van der Waals surface area (Å²) >= 11 is 0. The second-order valence-electron chi connectivity index (χ2n) is 10.6. The van der Waals surface area contributed by atoms with Crippen LogP contribution in [0.5, 0.6) is 0 Å². The van der Waals surface area contributed by atoms with E-state index in [-0.39, 0.29) is 28.0 Å². The monoisotopic (exact) mass is 372 g/mol. The van der Waals surface area contributed by atoms with Crippen LogP contribution in [-0.4, -0.2) is 35.1 Å². The summed E-state index contributed by atoms with van der Waals surface area (Å²) in [4.78, 5) is 12.6. The Morgan fingerprint density at radius 2 is 1.42 bits per heavy atom. The van der Waals surface area contributed by atoms with Gasteiger partial charge in [0.05, 0.1) is 6.10 Å². The molecule has 0 amide bonds. The summed E-state index contributed by atoms with van der Waals surface area (Å²) in [7, 11) is -3.66. The summed E-state index contributed by atoms with van der Waals surface area (Å²) in [6, 6.07) is 0. The van der Waals surface area contributed by atoms with Crippen molar-refractivity contribution in [3.05, 3.63) is 0 Å². The second kappa shape index (κ2) is 6.97. The predicted octanol–water partition coefficient (Wildman–Crippen LogP) is 5.62. The lowest BCUT2D eigenvalue weighted by Crippen LogP contribution is -2.45. The largest absolute Gasteiger partial charge is 0.416 e. The molecule has 0 heterocycles. The first kappa shape index (κ1) is 22.1. The van der Waals surface area contributed by atoms with Gasteiger partial charge in [-0.1, -0.05) is 48.5 Å². The SMILES string of the molecule is C[C@H]1[C@H](CO[Si](C)(C)C(C)(C)C)C(=O)C[C@H]1O[Si](C)(C)C(C)(C)C. The van der Waals surface area contributed by atoms with E-state index in [1.807, 2.05) is 0 Å². The molecule has 3 atom stereocenters. The molecule has 0 aliphatic heterocycles. The second-order valence-corrected chi connectivity index (χ2v) is 20.2. The number of carbonyl (C=O) groups excluding carboxylic acids is 1. The lowest BCUT2D eigenvalue weighted by molar-refractivity contribution is -0.122. The maximum atomic E-state index is 12.6. The summed E-state index contributed by atoms with van der Waals surface area (Å²) in [5, 5.41) is 0.348. The van der Waals surface area contributed by atoms with Crippen LogP contribution < -0.4 is 0 Å². The van der Waals surface area contributed by atoms with Crippen molar-refractivity contribution in [3.8, 4) is 0 Å². The Labute approximate surface area is 152 Å². The Hall–Kier alpha value is 0.0238. The zero-order chi connectivity index (χ0) is 19.1. The molecule has 0 N–H and O–H groups in total. The normalized spacial score (nSPS) is 27.0. The summed E-state index contributed by atoms with van der Waals surface area (Å²) in [6.45, 7) is 25.2. The molecule has 0 aromatic rings. The van der Waals surface area contributed by atoms with Gasteiger partial charge in [0.1, 0.15) is 5.78 Å². The van der Waals surface area contributed by atoms with Crippen molar-refractivity contribution in [2.24, 2.45) is 11.8 Å². The Kier molecular flexibility index (Phi) is 6.41. The quantitative estimate of drug-likeness (QED) is 0.587. The molecule has 0 bridgehead atoms. The summed E-state index contributed by atoms with van der Waals surface area (Å²) in [5.74, 6) is 0.565. The lowest BCUT2D eigenvalue weighted by atomic mass is 9.98. The molecule has 1 fully saturated rings. The first-order chi connectivity index (χ1) is 10.5. The minimum absolute atomic E-state index is 0.00565. The Morgan fingerprint density at radius 3 is 1.83 bits per heavy atom. The molecule has 0 aromatic heterocycles. The molecular weight excluding hydrogens is 332 g/mol. The van der Waals surface area contributed by atoms with Crippen LogP contribution in [0.25, 0.3) is 0 Å². The van der Waals surface area contributed by atoms with Crippen molar-refractivity contribution >= 4 is 22.4 Å². The van der Waals surface area contributed by atoms with Crippen LogP contribution in [0.4, 0.5) is 0 Å². The molecular formula is C19H40O3Si2. The van der Waals surface area contributed by atoms with Crippen molar-refractivity contribution in [1.82, 2.24) is 0 Å². The number of Topliss-reactive ketones (excluding diaryl/α,β-unsaturated/α-hetero) is 1. The van der Waals surface area contributed by atoms with E-state index in [1.54, 1.807) is 0 Å². The van der Waals surface area contributed by atoms with Gasteiger partial charge in [0.2, 0.25) is 0 Å². The van der Waals surface area contributed by atoms with E-state index in [9.17, 15) is 4.79 Å². The van der Waals surface area contributed by atoms with Gasteiger partial charge in [-0.15, -0.1) is 0 Å². The van der Waals surface area contributed by atoms with E-state index in [2.05, 4.69) is 74.7 Å². The van der Waals surface area contributed by atoms with Gasteiger partial charge in [-0.25, -0.2) is 0 Å². The van der Waals surface area contributed by atoms with Crippen molar-refractivity contribution in [3.63, 3.8) is 0 Å². The van der Waals surface area contributed by atoms with Crippen molar-refractivity contribution in [2.75, 3.05) is 6.61 Å². The number of ketones is 1. The predicted molar refractivity (Wildman–Crippen MR) is 107 cm³/mol. The first-order valence-electron chi connectivity index (χ1n) is 9.34. The van der Waals surface area contributed by atoms with Crippen molar-refractivity contribution in [2.45, 2.75) is 97.3 Å².